The van der Waals surface area contributed by atoms with Gasteiger partial charge in [-0.2, -0.15) is 0 Å². The Morgan fingerprint density at radius 1 is 1.17 bits per heavy atom. The Morgan fingerprint density at radius 2 is 1.94 bits per heavy atom. The summed E-state index contributed by atoms with van der Waals surface area (Å²) in [6.07, 6.45) is 1.64. The van der Waals surface area contributed by atoms with Crippen LogP contribution in [-0.4, -0.2) is 18.4 Å². The molecule has 2 rings (SSSR count). The van der Waals surface area contributed by atoms with Crippen molar-refractivity contribution in [3.63, 3.8) is 0 Å². The monoisotopic (exact) mass is 241 g/mol. The van der Waals surface area contributed by atoms with E-state index in [4.69, 9.17) is 4.74 Å². The molecule has 2 aromatic carbocycles. The van der Waals surface area contributed by atoms with Crippen LogP contribution in [0.25, 0.3) is 0 Å². The third-order valence-electron chi connectivity index (χ3n) is 2.61. The van der Waals surface area contributed by atoms with Crippen molar-refractivity contribution in [1.29, 1.82) is 0 Å². The maximum atomic E-state index is 9.72. The fourth-order valence-corrected chi connectivity index (χ4v) is 1.65. The number of benzene rings is 2. The molecule has 0 aromatic heterocycles. The molecule has 18 heavy (non-hydrogen) atoms. The summed E-state index contributed by atoms with van der Waals surface area (Å²) in [5, 5.41) is 9.72. The summed E-state index contributed by atoms with van der Waals surface area (Å²) in [7, 11) is 1.61. The normalized spacial score (nSPS) is 10.8. The highest BCUT2D eigenvalue weighted by Crippen LogP contribution is 2.26. The highest BCUT2D eigenvalue weighted by atomic mass is 16.5. The Balaban J connectivity index is 2.33. The van der Waals surface area contributed by atoms with Gasteiger partial charge >= 0.3 is 0 Å². The molecular weight excluding hydrogens is 226 g/mol. The Bertz CT molecular complexity index is 576. The number of aryl methyl sites for hydroxylation is 1. The molecule has 1 N–H and O–H groups in total. The summed E-state index contributed by atoms with van der Waals surface area (Å²) in [5.74, 6) is 0.931. The van der Waals surface area contributed by atoms with Gasteiger partial charge in [0.2, 0.25) is 0 Å². The zero-order valence-corrected chi connectivity index (χ0v) is 10.4. The first-order chi connectivity index (χ1) is 8.70. The minimum absolute atomic E-state index is 0.222. The second-order valence-electron chi connectivity index (χ2n) is 3.99. The van der Waals surface area contributed by atoms with E-state index >= 15 is 0 Å². The number of phenolic OH excluding ortho intramolecular Hbond substituents is 1. The number of aliphatic imine (C=N–C) groups is 1. The second kappa shape index (κ2) is 5.36. The van der Waals surface area contributed by atoms with Gasteiger partial charge in [0.1, 0.15) is 17.2 Å². The van der Waals surface area contributed by atoms with E-state index in [-0.39, 0.29) is 5.75 Å². The minimum Gasteiger partial charge on any atom is -0.507 e. The molecule has 0 radical (unpaired) electrons. The van der Waals surface area contributed by atoms with Crippen molar-refractivity contribution < 1.29 is 9.84 Å². The van der Waals surface area contributed by atoms with Gasteiger partial charge in [0.05, 0.1) is 7.11 Å². The summed E-state index contributed by atoms with van der Waals surface area (Å²) < 4.78 is 5.21. The molecular formula is C15H15NO2. The van der Waals surface area contributed by atoms with Crippen LogP contribution in [0.1, 0.15) is 11.1 Å². The second-order valence-corrected chi connectivity index (χ2v) is 3.99. The molecule has 0 heterocycles. The molecule has 0 atom stereocenters. The highest BCUT2D eigenvalue weighted by molar-refractivity contribution is 5.86. The SMILES string of the molecule is COc1ccccc1N=Cc1cc(C)ccc1O. The van der Waals surface area contributed by atoms with Crippen molar-refractivity contribution in [2.75, 3.05) is 7.11 Å². The molecule has 0 bridgehead atoms. The molecule has 3 heteroatoms. The van der Waals surface area contributed by atoms with Crippen molar-refractivity contribution in [3.05, 3.63) is 53.6 Å². The van der Waals surface area contributed by atoms with Gasteiger partial charge in [0.25, 0.3) is 0 Å². The molecule has 0 aliphatic carbocycles. The number of methoxy groups -OCH3 is 1. The van der Waals surface area contributed by atoms with E-state index in [1.807, 2.05) is 43.3 Å². The van der Waals surface area contributed by atoms with Crippen LogP contribution in [0, 0.1) is 6.92 Å². The number of phenols is 1. The van der Waals surface area contributed by atoms with Crippen molar-refractivity contribution in [2.45, 2.75) is 6.92 Å². The predicted octanol–water partition coefficient (Wildman–Crippen LogP) is 3.46. The van der Waals surface area contributed by atoms with Gasteiger partial charge in [0, 0.05) is 11.8 Å². The van der Waals surface area contributed by atoms with Crippen molar-refractivity contribution in [1.82, 2.24) is 0 Å². The molecule has 0 aliphatic heterocycles. The van der Waals surface area contributed by atoms with Crippen LogP contribution in [0.4, 0.5) is 5.69 Å². The van der Waals surface area contributed by atoms with E-state index in [2.05, 4.69) is 4.99 Å². The molecule has 3 nitrogen and oxygen atoms in total. The van der Waals surface area contributed by atoms with Gasteiger partial charge in [-0.15, -0.1) is 0 Å². The van der Waals surface area contributed by atoms with Crippen LogP contribution in [0.2, 0.25) is 0 Å². The molecule has 0 fully saturated rings. The van der Waals surface area contributed by atoms with Crippen LogP contribution < -0.4 is 4.74 Å². The summed E-state index contributed by atoms with van der Waals surface area (Å²) in [6.45, 7) is 1.97. The van der Waals surface area contributed by atoms with Crippen LogP contribution in [0.5, 0.6) is 11.5 Å². The smallest absolute Gasteiger partial charge is 0.144 e. The molecule has 0 spiro atoms. The van der Waals surface area contributed by atoms with Crippen LogP contribution in [0.15, 0.2) is 47.5 Å². The highest BCUT2D eigenvalue weighted by Gasteiger charge is 2.00. The number of hydrogen-bond donors (Lipinski definition) is 1. The van der Waals surface area contributed by atoms with Crippen LogP contribution >= 0.6 is 0 Å². The first-order valence-corrected chi connectivity index (χ1v) is 5.67. The van der Waals surface area contributed by atoms with Gasteiger partial charge in [-0.1, -0.05) is 23.8 Å². The number of aromatic hydroxyl groups is 1. The minimum atomic E-state index is 0.222. The summed E-state index contributed by atoms with van der Waals surface area (Å²) >= 11 is 0. The van der Waals surface area contributed by atoms with Gasteiger partial charge in [-0.3, -0.25) is 4.99 Å². The van der Waals surface area contributed by atoms with Gasteiger partial charge in [-0.25, -0.2) is 0 Å². The van der Waals surface area contributed by atoms with E-state index in [1.165, 1.54) is 0 Å². The summed E-state index contributed by atoms with van der Waals surface area (Å²) in [5.41, 5.74) is 2.51. The van der Waals surface area contributed by atoms with Crippen molar-refractivity contribution in [3.8, 4) is 11.5 Å². The standard InChI is InChI=1S/C15H15NO2/c1-11-7-8-14(17)12(9-11)10-16-13-5-3-4-6-15(13)18-2/h3-10,17H,1-2H3. The largest absolute Gasteiger partial charge is 0.507 e. The van der Waals surface area contributed by atoms with E-state index in [9.17, 15) is 5.11 Å². The summed E-state index contributed by atoms with van der Waals surface area (Å²) in [4.78, 5) is 4.34. The lowest BCUT2D eigenvalue weighted by molar-refractivity contribution is 0.416. The Hall–Kier alpha value is -2.29. The zero-order chi connectivity index (χ0) is 13.0. The van der Waals surface area contributed by atoms with Crippen molar-refractivity contribution >= 4 is 11.9 Å². The number of rotatable bonds is 3. The van der Waals surface area contributed by atoms with E-state index in [0.29, 0.717) is 11.3 Å². The molecule has 0 unspecified atom stereocenters. The van der Waals surface area contributed by atoms with Crippen LogP contribution in [0.3, 0.4) is 0 Å². The Labute approximate surface area is 106 Å². The average Bonchev–Trinajstić information content (AvgIpc) is 2.40. The molecule has 2 aromatic rings. The number of hydrogen-bond acceptors (Lipinski definition) is 3. The van der Waals surface area contributed by atoms with Crippen LogP contribution in [-0.2, 0) is 0 Å². The number of ether oxygens (including phenoxy) is 1. The Morgan fingerprint density at radius 3 is 2.72 bits per heavy atom. The first kappa shape index (κ1) is 12.2. The number of nitrogens with zero attached hydrogens (tertiary/aromatic N) is 1. The van der Waals surface area contributed by atoms with E-state index < -0.39 is 0 Å². The van der Waals surface area contributed by atoms with Crippen molar-refractivity contribution in [2.24, 2.45) is 4.99 Å². The van der Waals surface area contributed by atoms with Gasteiger partial charge in [-0.05, 0) is 31.2 Å². The summed E-state index contributed by atoms with van der Waals surface area (Å²) in [6, 6.07) is 12.9. The predicted molar refractivity (Wildman–Crippen MR) is 73.1 cm³/mol. The Kier molecular flexibility index (Phi) is 3.63. The van der Waals surface area contributed by atoms with E-state index in [0.717, 1.165) is 11.3 Å². The molecule has 0 saturated carbocycles. The maximum absolute atomic E-state index is 9.72. The maximum Gasteiger partial charge on any atom is 0.144 e. The number of para-hydroxylation sites is 2. The molecule has 0 saturated heterocycles. The third kappa shape index (κ3) is 2.69. The molecule has 92 valence electrons. The molecule has 0 amide bonds. The zero-order valence-electron chi connectivity index (χ0n) is 10.4. The fourth-order valence-electron chi connectivity index (χ4n) is 1.65. The lowest BCUT2D eigenvalue weighted by atomic mass is 10.1. The third-order valence-corrected chi connectivity index (χ3v) is 2.61. The quantitative estimate of drug-likeness (QED) is 0.836. The fraction of sp³-hybridized carbons (Fsp3) is 0.133. The van der Waals surface area contributed by atoms with E-state index in [1.54, 1.807) is 19.4 Å². The molecule has 0 aliphatic rings. The first-order valence-electron chi connectivity index (χ1n) is 5.67. The van der Waals surface area contributed by atoms with Gasteiger partial charge < -0.3 is 9.84 Å². The lowest BCUT2D eigenvalue weighted by Gasteiger charge is -2.03. The topological polar surface area (TPSA) is 41.8 Å². The lowest BCUT2D eigenvalue weighted by Crippen LogP contribution is -1.86. The van der Waals surface area contributed by atoms with Gasteiger partial charge in [0.15, 0.2) is 0 Å². The average molecular weight is 241 g/mol.